The maximum absolute atomic E-state index is 4.73. The van der Waals surface area contributed by atoms with Gasteiger partial charge in [-0.15, -0.1) is 30.6 Å². The maximum atomic E-state index is 4.73. The number of aromatic nitrogens is 8. The van der Waals surface area contributed by atoms with Gasteiger partial charge in [0.1, 0.15) is 0 Å². The van der Waals surface area contributed by atoms with Crippen LogP contribution in [0, 0.1) is 13.8 Å². The van der Waals surface area contributed by atoms with E-state index in [1.165, 1.54) is 33.8 Å². The minimum atomic E-state index is 0.718. The number of fused-ring (bicyclic) bond motifs is 2. The summed E-state index contributed by atoms with van der Waals surface area (Å²) in [5.74, 6) is 1.44. The second kappa shape index (κ2) is 6.51. The average Bonchev–Trinajstić information content (AvgIpc) is 3.49. The van der Waals surface area contributed by atoms with E-state index < -0.39 is 0 Å². The van der Waals surface area contributed by atoms with E-state index in [1.54, 1.807) is 9.03 Å². The minimum Gasteiger partial charge on any atom is -0.182 e. The highest BCUT2D eigenvalue weighted by molar-refractivity contribution is 7.26. The Kier molecular flexibility index (Phi) is 3.77. The Labute approximate surface area is 178 Å². The van der Waals surface area contributed by atoms with Gasteiger partial charge in [-0.3, -0.25) is 0 Å². The van der Waals surface area contributed by atoms with E-state index in [9.17, 15) is 0 Å². The summed E-state index contributed by atoms with van der Waals surface area (Å²) in [5, 5.41) is 28.2. The van der Waals surface area contributed by atoms with Crippen molar-refractivity contribution in [2.45, 2.75) is 13.8 Å². The predicted octanol–water partition coefficient (Wildman–Crippen LogP) is 4.30. The summed E-state index contributed by atoms with van der Waals surface area (Å²) in [6.45, 7) is 4.12. The van der Waals surface area contributed by atoms with E-state index in [1.807, 2.05) is 24.3 Å². The van der Waals surface area contributed by atoms with Gasteiger partial charge in [0.25, 0.3) is 0 Å². The van der Waals surface area contributed by atoms with Gasteiger partial charge in [-0.2, -0.15) is 9.03 Å². The molecule has 10 heteroatoms. The molecule has 0 saturated carbocycles. The molecular formula is C20H14N8S2. The second-order valence-corrected chi connectivity index (χ2v) is 8.89. The molecule has 0 atom stereocenters. The fourth-order valence-electron chi connectivity index (χ4n) is 3.17. The highest BCUT2D eigenvalue weighted by atomic mass is 32.1. The highest BCUT2D eigenvalue weighted by Gasteiger charge is 2.19. The van der Waals surface area contributed by atoms with Crippen molar-refractivity contribution in [3.05, 3.63) is 59.7 Å². The van der Waals surface area contributed by atoms with Crippen molar-refractivity contribution in [1.82, 2.24) is 39.6 Å². The number of aryl methyl sites for hydroxylation is 2. The summed E-state index contributed by atoms with van der Waals surface area (Å²) < 4.78 is 3.54. The molecule has 4 aromatic heterocycles. The number of benzene rings is 2. The van der Waals surface area contributed by atoms with E-state index >= 15 is 0 Å². The van der Waals surface area contributed by atoms with Gasteiger partial charge in [0.05, 0.1) is 0 Å². The molecule has 0 saturated heterocycles. The number of rotatable bonds is 3. The summed E-state index contributed by atoms with van der Waals surface area (Å²) in [5.41, 5.74) is 4.35. The monoisotopic (exact) mass is 430 g/mol. The first kappa shape index (κ1) is 17.4. The Morgan fingerprint density at radius 1 is 0.567 bits per heavy atom. The molecule has 0 aliphatic rings. The Bertz CT molecular complexity index is 1390. The number of hydrogen-bond donors (Lipinski definition) is 0. The van der Waals surface area contributed by atoms with Crippen LogP contribution in [0.1, 0.15) is 11.1 Å². The summed E-state index contributed by atoms with van der Waals surface area (Å²) in [4.78, 5) is 1.45. The van der Waals surface area contributed by atoms with E-state index in [0.29, 0.717) is 0 Å². The van der Waals surface area contributed by atoms with Crippen LogP contribution < -0.4 is 0 Å². The third-order valence-electron chi connectivity index (χ3n) is 4.78. The largest absolute Gasteiger partial charge is 0.235 e. The number of hydrogen-bond acceptors (Lipinski definition) is 8. The van der Waals surface area contributed by atoms with Gasteiger partial charge in [-0.25, -0.2) is 0 Å². The van der Waals surface area contributed by atoms with Crippen LogP contribution in [0.2, 0.25) is 0 Å². The molecular weight excluding hydrogens is 416 g/mol. The SMILES string of the molecule is Cc1ccc(-c2nnc3sc(-c4nn5c(-c6ccc(C)cc6)nnc5s4)nn23)cc1. The topological polar surface area (TPSA) is 86.2 Å². The van der Waals surface area contributed by atoms with Crippen molar-refractivity contribution >= 4 is 32.6 Å². The fraction of sp³-hybridized carbons (Fsp3) is 0.100. The molecule has 0 unspecified atom stereocenters. The van der Waals surface area contributed by atoms with Crippen LogP contribution in [-0.2, 0) is 0 Å². The lowest BCUT2D eigenvalue weighted by molar-refractivity contribution is 0.944. The van der Waals surface area contributed by atoms with Crippen molar-refractivity contribution in [2.75, 3.05) is 0 Å². The van der Waals surface area contributed by atoms with Gasteiger partial charge < -0.3 is 0 Å². The molecule has 0 aliphatic heterocycles. The van der Waals surface area contributed by atoms with Crippen molar-refractivity contribution < 1.29 is 0 Å². The molecule has 4 heterocycles. The third-order valence-corrected chi connectivity index (χ3v) is 6.72. The van der Waals surface area contributed by atoms with E-state index in [2.05, 4.69) is 58.5 Å². The zero-order chi connectivity index (χ0) is 20.2. The molecule has 2 aromatic carbocycles. The lowest BCUT2D eigenvalue weighted by Gasteiger charge is -1.98. The van der Waals surface area contributed by atoms with E-state index in [-0.39, 0.29) is 0 Å². The lowest BCUT2D eigenvalue weighted by Crippen LogP contribution is -1.92. The van der Waals surface area contributed by atoms with Crippen molar-refractivity contribution in [2.24, 2.45) is 0 Å². The number of nitrogens with zero attached hydrogens (tertiary/aromatic N) is 8. The smallest absolute Gasteiger partial charge is 0.182 e. The zero-order valence-corrected chi connectivity index (χ0v) is 17.6. The first-order chi connectivity index (χ1) is 14.7. The van der Waals surface area contributed by atoms with Crippen LogP contribution in [0.15, 0.2) is 48.5 Å². The molecule has 6 rings (SSSR count). The highest BCUT2D eigenvalue weighted by Crippen LogP contribution is 2.32. The van der Waals surface area contributed by atoms with Crippen LogP contribution in [0.4, 0.5) is 0 Å². The second-order valence-electron chi connectivity index (χ2n) is 6.98. The van der Waals surface area contributed by atoms with Crippen LogP contribution in [0.3, 0.4) is 0 Å². The average molecular weight is 431 g/mol. The van der Waals surface area contributed by atoms with Gasteiger partial charge in [0.15, 0.2) is 21.7 Å². The fourth-order valence-corrected chi connectivity index (χ4v) is 4.86. The lowest BCUT2D eigenvalue weighted by atomic mass is 10.1. The Balaban J connectivity index is 1.43. The molecule has 6 aromatic rings. The third kappa shape index (κ3) is 2.72. The molecule has 0 N–H and O–H groups in total. The molecule has 146 valence electrons. The summed E-state index contributed by atoms with van der Waals surface area (Å²) in [6.07, 6.45) is 0. The molecule has 8 nitrogen and oxygen atoms in total. The molecule has 0 bridgehead atoms. The van der Waals surface area contributed by atoms with E-state index in [0.717, 1.165) is 42.7 Å². The normalized spacial score (nSPS) is 11.7. The quantitative estimate of drug-likeness (QED) is 0.416. The molecule has 0 fully saturated rings. The maximum Gasteiger partial charge on any atom is 0.235 e. The van der Waals surface area contributed by atoms with Gasteiger partial charge in [-0.05, 0) is 13.8 Å². The molecule has 0 aliphatic carbocycles. The van der Waals surface area contributed by atoms with Crippen molar-refractivity contribution in [1.29, 1.82) is 0 Å². The summed E-state index contributed by atoms with van der Waals surface area (Å²) in [6, 6.07) is 16.3. The van der Waals surface area contributed by atoms with E-state index in [4.69, 9.17) is 10.2 Å². The van der Waals surface area contributed by atoms with Crippen molar-refractivity contribution in [3.8, 4) is 32.8 Å². The first-order valence-electron chi connectivity index (χ1n) is 9.25. The first-order valence-corrected chi connectivity index (χ1v) is 10.9. The van der Waals surface area contributed by atoms with Gasteiger partial charge in [-0.1, -0.05) is 82.3 Å². The van der Waals surface area contributed by atoms with Crippen LogP contribution >= 0.6 is 22.7 Å². The molecule has 0 radical (unpaired) electrons. The molecule has 0 amide bonds. The summed E-state index contributed by atoms with van der Waals surface area (Å²) in [7, 11) is 0. The van der Waals surface area contributed by atoms with Crippen LogP contribution in [-0.4, -0.2) is 39.6 Å². The van der Waals surface area contributed by atoms with Crippen LogP contribution in [0.25, 0.3) is 42.7 Å². The van der Waals surface area contributed by atoms with Gasteiger partial charge in [0.2, 0.25) is 9.92 Å². The Morgan fingerprint density at radius 2 is 0.967 bits per heavy atom. The molecule has 0 spiro atoms. The minimum absolute atomic E-state index is 0.718. The van der Waals surface area contributed by atoms with Gasteiger partial charge in [0, 0.05) is 11.1 Å². The Morgan fingerprint density at radius 3 is 1.37 bits per heavy atom. The Hall–Kier alpha value is -3.50. The molecule has 30 heavy (non-hydrogen) atoms. The standard InChI is InChI=1S/C20H14N8S2/c1-11-3-7-13(8-4-11)15-21-23-19-27(15)25-17(29-19)18-26-28-16(22-24-20(28)30-18)14-9-5-12(2)6-10-14/h3-10H,1-2H3. The summed E-state index contributed by atoms with van der Waals surface area (Å²) >= 11 is 2.91. The van der Waals surface area contributed by atoms with Gasteiger partial charge >= 0.3 is 0 Å². The van der Waals surface area contributed by atoms with Crippen molar-refractivity contribution in [3.63, 3.8) is 0 Å². The zero-order valence-electron chi connectivity index (χ0n) is 16.0. The van der Waals surface area contributed by atoms with Crippen LogP contribution in [0.5, 0.6) is 0 Å². The predicted molar refractivity (Wildman–Crippen MR) is 117 cm³/mol.